The summed E-state index contributed by atoms with van der Waals surface area (Å²) < 4.78 is 5.14. The summed E-state index contributed by atoms with van der Waals surface area (Å²) in [5.41, 5.74) is 2.39. The van der Waals surface area contributed by atoms with E-state index in [1.165, 1.54) is 10.7 Å². The molecule has 0 radical (unpaired) electrons. The molecule has 3 rings (SSSR count). The highest BCUT2D eigenvalue weighted by atomic mass is 32.1. The Labute approximate surface area is 142 Å². The molecule has 0 spiro atoms. The second-order valence-electron chi connectivity index (χ2n) is 7.38. The van der Waals surface area contributed by atoms with Crippen molar-refractivity contribution in [3.8, 4) is 0 Å². The molecular formula is C17H26N4OS. The molecule has 126 valence electrons. The van der Waals surface area contributed by atoms with Gasteiger partial charge < -0.3 is 4.52 Å². The standard InChI is InChI=1S/C17H26N4OS/c1-13-9-14(19-22-13)10-20-5-7-21(8-6-20)11-15-12-23-16(18-15)17(2,3)4/h9,12H,5-8,10-11H2,1-4H3. The first-order valence-electron chi connectivity index (χ1n) is 8.22. The highest BCUT2D eigenvalue weighted by molar-refractivity contribution is 7.09. The Balaban J connectivity index is 1.48. The van der Waals surface area contributed by atoms with Gasteiger partial charge in [-0.3, -0.25) is 9.80 Å². The molecule has 5 nitrogen and oxygen atoms in total. The third kappa shape index (κ3) is 4.40. The summed E-state index contributed by atoms with van der Waals surface area (Å²) in [5, 5.41) is 7.53. The number of rotatable bonds is 4. The molecule has 23 heavy (non-hydrogen) atoms. The molecule has 1 aliphatic heterocycles. The number of aryl methyl sites for hydroxylation is 1. The van der Waals surface area contributed by atoms with E-state index >= 15 is 0 Å². The number of aromatic nitrogens is 2. The van der Waals surface area contributed by atoms with Gasteiger partial charge in [-0.25, -0.2) is 4.98 Å². The van der Waals surface area contributed by atoms with Crippen LogP contribution in [0.25, 0.3) is 0 Å². The topological polar surface area (TPSA) is 45.4 Å². The van der Waals surface area contributed by atoms with Crippen LogP contribution in [-0.2, 0) is 18.5 Å². The Morgan fingerprint density at radius 2 is 1.70 bits per heavy atom. The summed E-state index contributed by atoms with van der Waals surface area (Å²) in [7, 11) is 0. The van der Waals surface area contributed by atoms with E-state index in [0.29, 0.717) is 0 Å². The zero-order valence-corrected chi connectivity index (χ0v) is 15.3. The van der Waals surface area contributed by atoms with Crippen LogP contribution in [0.4, 0.5) is 0 Å². The minimum absolute atomic E-state index is 0.150. The average molecular weight is 334 g/mol. The molecule has 0 atom stereocenters. The van der Waals surface area contributed by atoms with Crippen LogP contribution in [0.3, 0.4) is 0 Å². The Hall–Kier alpha value is -1.24. The predicted molar refractivity (Wildman–Crippen MR) is 92.6 cm³/mol. The van der Waals surface area contributed by atoms with E-state index < -0.39 is 0 Å². The largest absolute Gasteiger partial charge is 0.361 e. The van der Waals surface area contributed by atoms with Gasteiger partial charge in [0.1, 0.15) is 5.76 Å². The van der Waals surface area contributed by atoms with Crippen LogP contribution in [0.5, 0.6) is 0 Å². The summed E-state index contributed by atoms with van der Waals surface area (Å²) in [6, 6.07) is 2.02. The van der Waals surface area contributed by atoms with Crippen molar-refractivity contribution in [2.75, 3.05) is 26.2 Å². The monoisotopic (exact) mass is 334 g/mol. The zero-order valence-electron chi connectivity index (χ0n) is 14.5. The summed E-state index contributed by atoms with van der Waals surface area (Å²) in [6.45, 7) is 14.8. The Morgan fingerprint density at radius 1 is 1.09 bits per heavy atom. The van der Waals surface area contributed by atoms with Gasteiger partial charge in [0.05, 0.1) is 16.4 Å². The maximum Gasteiger partial charge on any atom is 0.133 e. The van der Waals surface area contributed by atoms with Gasteiger partial charge in [0.2, 0.25) is 0 Å². The molecule has 2 aromatic rings. The number of hydrogen-bond donors (Lipinski definition) is 0. The lowest BCUT2D eigenvalue weighted by atomic mass is 9.98. The average Bonchev–Trinajstić information content (AvgIpc) is 3.10. The molecule has 0 N–H and O–H groups in total. The van der Waals surface area contributed by atoms with Crippen LogP contribution >= 0.6 is 11.3 Å². The highest BCUT2D eigenvalue weighted by Gasteiger charge is 2.21. The third-order valence-corrected chi connectivity index (χ3v) is 5.42. The van der Waals surface area contributed by atoms with Crippen molar-refractivity contribution >= 4 is 11.3 Å². The van der Waals surface area contributed by atoms with Crippen molar-refractivity contribution in [3.05, 3.63) is 33.6 Å². The van der Waals surface area contributed by atoms with Crippen LogP contribution < -0.4 is 0 Å². The van der Waals surface area contributed by atoms with E-state index in [1.54, 1.807) is 11.3 Å². The molecule has 3 heterocycles. The lowest BCUT2D eigenvalue weighted by Gasteiger charge is -2.33. The van der Waals surface area contributed by atoms with E-state index in [2.05, 4.69) is 41.1 Å². The van der Waals surface area contributed by atoms with E-state index in [4.69, 9.17) is 9.51 Å². The number of thiazole rings is 1. The van der Waals surface area contributed by atoms with Gasteiger partial charge in [0.25, 0.3) is 0 Å². The van der Waals surface area contributed by atoms with Crippen molar-refractivity contribution in [1.82, 2.24) is 19.9 Å². The van der Waals surface area contributed by atoms with E-state index in [0.717, 1.165) is 50.7 Å². The summed E-state index contributed by atoms with van der Waals surface area (Å²) in [5.74, 6) is 0.886. The fraction of sp³-hybridized carbons (Fsp3) is 0.647. The van der Waals surface area contributed by atoms with E-state index in [1.807, 2.05) is 13.0 Å². The van der Waals surface area contributed by atoms with Crippen LogP contribution in [0.1, 0.15) is 42.9 Å². The molecule has 0 bridgehead atoms. The second-order valence-corrected chi connectivity index (χ2v) is 8.23. The fourth-order valence-corrected chi connectivity index (χ4v) is 3.68. The third-order valence-electron chi connectivity index (χ3n) is 4.11. The molecule has 2 aromatic heterocycles. The first kappa shape index (κ1) is 16.6. The van der Waals surface area contributed by atoms with Gasteiger partial charge in [-0.05, 0) is 6.92 Å². The van der Waals surface area contributed by atoms with Gasteiger partial charge in [-0.2, -0.15) is 0 Å². The smallest absolute Gasteiger partial charge is 0.133 e. The maximum atomic E-state index is 5.14. The minimum Gasteiger partial charge on any atom is -0.361 e. The normalized spacial score (nSPS) is 17.7. The molecule has 6 heteroatoms. The van der Waals surface area contributed by atoms with Crippen LogP contribution in [0.2, 0.25) is 0 Å². The molecule has 0 aromatic carbocycles. The van der Waals surface area contributed by atoms with Gasteiger partial charge >= 0.3 is 0 Å². The van der Waals surface area contributed by atoms with Crippen molar-refractivity contribution < 1.29 is 4.52 Å². The molecule has 0 aliphatic carbocycles. The summed E-state index contributed by atoms with van der Waals surface area (Å²) in [6.07, 6.45) is 0. The first-order valence-corrected chi connectivity index (χ1v) is 9.10. The van der Waals surface area contributed by atoms with Crippen LogP contribution in [-0.4, -0.2) is 46.1 Å². The molecule has 0 unspecified atom stereocenters. The van der Waals surface area contributed by atoms with Crippen molar-refractivity contribution in [3.63, 3.8) is 0 Å². The van der Waals surface area contributed by atoms with Crippen molar-refractivity contribution in [1.29, 1.82) is 0 Å². The van der Waals surface area contributed by atoms with Gasteiger partial charge in [0.15, 0.2) is 0 Å². The van der Waals surface area contributed by atoms with Gasteiger partial charge in [-0.1, -0.05) is 25.9 Å². The molecule has 1 aliphatic rings. The van der Waals surface area contributed by atoms with Crippen LogP contribution in [0, 0.1) is 6.92 Å². The molecule has 0 amide bonds. The fourth-order valence-electron chi connectivity index (χ4n) is 2.78. The Kier molecular flexibility index (Phi) is 4.85. The summed E-state index contributed by atoms with van der Waals surface area (Å²) in [4.78, 5) is 9.74. The predicted octanol–water partition coefficient (Wildman–Crippen LogP) is 3.05. The number of nitrogens with zero attached hydrogens (tertiary/aromatic N) is 4. The van der Waals surface area contributed by atoms with Gasteiger partial charge in [-0.15, -0.1) is 11.3 Å². The van der Waals surface area contributed by atoms with Gasteiger partial charge in [0, 0.05) is 56.1 Å². The number of piperazine rings is 1. The van der Waals surface area contributed by atoms with Crippen LogP contribution in [0.15, 0.2) is 16.0 Å². The Morgan fingerprint density at radius 3 is 2.17 bits per heavy atom. The van der Waals surface area contributed by atoms with Crippen molar-refractivity contribution in [2.45, 2.75) is 46.2 Å². The van der Waals surface area contributed by atoms with Crippen molar-refractivity contribution in [2.24, 2.45) is 0 Å². The SMILES string of the molecule is Cc1cc(CN2CCN(Cc3csc(C(C)(C)C)n3)CC2)no1. The Bertz CT molecular complexity index is 635. The minimum atomic E-state index is 0.150. The quantitative estimate of drug-likeness (QED) is 0.860. The van der Waals surface area contributed by atoms with E-state index in [9.17, 15) is 0 Å². The first-order chi connectivity index (χ1) is 10.9. The molecule has 1 saturated heterocycles. The lowest BCUT2D eigenvalue weighted by Crippen LogP contribution is -2.45. The maximum absolute atomic E-state index is 5.14. The lowest BCUT2D eigenvalue weighted by molar-refractivity contribution is 0.119. The molecule has 0 saturated carbocycles. The highest BCUT2D eigenvalue weighted by Crippen LogP contribution is 2.26. The van der Waals surface area contributed by atoms with E-state index in [-0.39, 0.29) is 5.41 Å². The summed E-state index contributed by atoms with van der Waals surface area (Å²) >= 11 is 1.78. The number of hydrogen-bond acceptors (Lipinski definition) is 6. The zero-order chi connectivity index (χ0) is 16.4. The second kappa shape index (κ2) is 6.71. The molecular weight excluding hydrogens is 308 g/mol. The molecule has 1 fully saturated rings.